The summed E-state index contributed by atoms with van der Waals surface area (Å²) < 4.78 is 1.77. The predicted octanol–water partition coefficient (Wildman–Crippen LogP) is 3.42. The van der Waals surface area contributed by atoms with Crippen LogP contribution in [0.4, 0.5) is 0 Å². The lowest BCUT2D eigenvalue weighted by molar-refractivity contribution is 0.0690. The highest BCUT2D eigenvalue weighted by Crippen LogP contribution is 2.23. The molecule has 0 atom stereocenters. The van der Waals surface area contributed by atoms with Crippen LogP contribution in [0, 0.1) is 5.92 Å². The van der Waals surface area contributed by atoms with Crippen LogP contribution >= 0.6 is 0 Å². The van der Waals surface area contributed by atoms with Crippen molar-refractivity contribution in [1.29, 1.82) is 0 Å². The second-order valence-corrected chi connectivity index (χ2v) is 7.22. The van der Waals surface area contributed by atoms with Gasteiger partial charge in [0.2, 0.25) is 0 Å². The van der Waals surface area contributed by atoms with Crippen LogP contribution in [0.1, 0.15) is 34.3 Å². The van der Waals surface area contributed by atoms with Crippen LogP contribution in [0.2, 0.25) is 0 Å². The zero-order valence-corrected chi connectivity index (χ0v) is 15.4. The topological polar surface area (TPSA) is 51.0 Å². The first kappa shape index (κ1) is 17.5. The van der Waals surface area contributed by atoms with Gasteiger partial charge in [-0.05, 0) is 48.4 Å². The summed E-state index contributed by atoms with van der Waals surface area (Å²) in [4.78, 5) is 18.7. The van der Waals surface area contributed by atoms with Crippen LogP contribution in [-0.2, 0) is 13.0 Å². The van der Waals surface area contributed by atoms with Gasteiger partial charge in [-0.3, -0.25) is 4.79 Å². The summed E-state index contributed by atoms with van der Waals surface area (Å²) in [7, 11) is 0. The van der Waals surface area contributed by atoms with E-state index in [1.807, 2.05) is 29.2 Å². The van der Waals surface area contributed by atoms with Crippen LogP contribution in [0.5, 0.6) is 0 Å². The Bertz CT molecular complexity index is 851. The molecule has 1 aliphatic rings. The van der Waals surface area contributed by atoms with Gasteiger partial charge in [0.25, 0.3) is 5.91 Å². The van der Waals surface area contributed by atoms with Crippen molar-refractivity contribution in [2.75, 3.05) is 13.1 Å². The van der Waals surface area contributed by atoms with E-state index in [1.165, 1.54) is 11.9 Å². The molecule has 0 bridgehead atoms. The van der Waals surface area contributed by atoms with Gasteiger partial charge in [0.1, 0.15) is 12.7 Å². The molecule has 1 aliphatic heterocycles. The first-order chi connectivity index (χ1) is 13.3. The number of hydrogen-bond donors (Lipinski definition) is 0. The van der Waals surface area contributed by atoms with E-state index in [0.717, 1.165) is 43.5 Å². The molecule has 3 aromatic rings. The summed E-state index contributed by atoms with van der Waals surface area (Å²) in [5, 5.41) is 4.11. The van der Waals surface area contributed by atoms with E-state index < -0.39 is 0 Å². The van der Waals surface area contributed by atoms with Gasteiger partial charge < -0.3 is 4.90 Å². The minimum Gasteiger partial charge on any atom is -0.339 e. The van der Waals surface area contributed by atoms with Crippen molar-refractivity contribution in [1.82, 2.24) is 19.7 Å². The third kappa shape index (κ3) is 4.42. The Balaban J connectivity index is 1.31. The zero-order chi connectivity index (χ0) is 18.5. The van der Waals surface area contributed by atoms with Gasteiger partial charge in [0.05, 0.1) is 6.54 Å². The Hall–Kier alpha value is -2.95. The summed E-state index contributed by atoms with van der Waals surface area (Å²) in [6.07, 6.45) is 6.48. The van der Waals surface area contributed by atoms with E-state index in [-0.39, 0.29) is 5.91 Å². The van der Waals surface area contributed by atoms with E-state index in [4.69, 9.17) is 0 Å². The molecule has 0 unspecified atom stereocenters. The first-order valence-corrected chi connectivity index (χ1v) is 9.52. The molecule has 0 radical (unpaired) electrons. The first-order valence-electron chi connectivity index (χ1n) is 9.52. The van der Waals surface area contributed by atoms with Gasteiger partial charge in [-0.1, -0.05) is 42.5 Å². The number of amides is 1. The van der Waals surface area contributed by atoms with E-state index in [2.05, 4.69) is 40.4 Å². The number of benzene rings is 2. The molecule has 1 saturated heterocycles. The van der Waals surface area contributed by atoms with Crippen LogP contribution in [0.25, 0.3) is 0 Å². The van der Waals surface area contributed by atoms with Gasteiger partial charge in [0, 0.05) is 18.7 Å². The Morgan fingerprint density at radius 3 is 2.37 bits per heavy atom. The van der Waals surface area contributed by atoms with E-state index >= 15 is 0 Å². The van der Waals surface area contributed by atoms with Crippen LogP contribution in [0.3, 0.4) is 0 Å². The quantitative estimate of drug-likeness (QED) is 0.700. The Labute approximate surface area is 159 Å². The van der Waals surface area contributed by atoms with Gasteiger partial charge >= 0.3 is 0 Å². The predicted molar refractivity (Wildman–Crippen MR) is 104 cm³/mol. The average Bonchev–Trinajstić information content (AvgIpc) is 3.22. The minimum absolute atomic E-state index is 0.139. The van der Waals surface area contributed by atoms with Gasteiger partial charge in [0.15, 0.2) is 0 Å². The number of likely N-dealkylation sites (tertiary alicyclic amines) is 1. The lowest BCUT2D eigenvalue weighted by Gasteiger charge is -2.32. The van der Waals surface area contributed by atoms with Crippen molar-refractivity contribution in [2.24, 2.45) is 5.92 Å². The molecule has 2 heterocycles. The second kappa shape index (κ2) is 8.16. The molecular weight excluding hydrogens is 336 g/mol. The molecule has 0 spiro atoms. The Kier molecular flexibility index (Phi) is 5.28. The minimum atomic E-state index is 0.139. The average molecular weight is 360 g/mol. The van der Waals surface area contributed by atoms with Crippen LogP contribution < -0.4 is 0 Å². The van der Waals surface area contributed by atoms with Crippen LogP contribution in [0.15, 0.2) is 67.3 Å². The standard InChI is InChI=1S/C22H24N4O/c27-22(21-8-6-20(7-9-21)15-26-17-23-16-24-26)25-12-10-19(11-13-25)14-18-4-2-1-3-5-18/h1-9,16-17,19H,10-15H2. The van der Waals surface area contributed by atoms with Crippen LogP contribution in [-0.4, -0.2) is 38.7 Å². The Morgan fingerprint density at radius 1 is 0.963 bits per heavy atom. The normalized spacial score (nSPS) is 15.0. The number of carbonyl (C=O) groups excluding carboxylic acids is 1. The second-order valence-electron chi connectivity index (χ2n) is 7.22. The van der Waals surface area contributed by atoms with E-state index in [0.29, 0.717) is 12.5 Å². The molecule has 5 heteroatoms. The highest BCUT2D eigenvalue weighted by molar-refractivity contribution is 5.94. The molecule has 1 fully saturated rings. The Morgan fingerprint density at radius 2 is 1.70 bits per heavy atom. The van der Waals surface area contributed by atoms with E-state index in [9.17, 15) is 4.79 Å². The maximum absolute atomic E-state index is 12.8. The number of rotatable bonds is 5. The largest absolute Gasteiger partial charge is 0.339 e. The number of hydrogen-bond acceptors (Lipinski definition) is 3. The molecule has 0 N–H and O–H groups in total. The SMILES string of the molecule is O=C(c1ccc(Cn2cncn2)cc1)N1CCC(Cc2ccccc2)CC1. The summed E-state index contributed by atoms with van der Waals surface area (Å²) in [5.74, 6) is 0.807. The molecule has 1 aromatic heterocycles. The maximum atomic E-state index is 12.8. The number of nitrogens with zero attached hydrogens (tertiary/aromatic N) is 4. The molecular formula is C22H24N4O. The molecule has 5 nitrogen and oxygen atoms in total. The molecule has 0 saturated carbocycles. The maximum Gasteiger partial charge on any atom is 0.253 e. The fourth-order valence-corrected chi connectivity index (χ4v) is 3.72. The number of aromatic nitrogens is 3. The third-order valence-corrected chi connectivity index (χ3v) is 5.28. The summed E-state index contributed by atoms with van der Waals surface area (Å²) in [6.45, 7) is 2.35. The summed E-state index contributed by atoms with van der Waals surface area (Å²) >= 11 is 0. The lowest BCUT2D eigenvalue weighted by atomic mass is 9.90. The molecule has 4 rings (SSSR count). The van der Waals surface area contributed by atoms with Crippen molar-refractivity contribution in [3.05, 3.63) is 83.9 Å². The molecule has 2 aromatic carbocycles. The van der Waals surface area contributed by atoms with Crippen molar-refractivity contribution >= 4 is 5.91 Å². The van der Waals surface area contributed by atoms with Crippen molar-refractivity contribution in [3.8, 4) is 0 Å². The highest BCUT2D eigenvalue weighted by atomic mass is 16.2. The fraction of sp³-hybridized carbons (Fsp3) is 0.318. The molecule has 27 heavy (non-hydrogen) atoms. The van der Waals surface area contributed by atoms with E-state index in [1.54, 1.807) is 11.0 Å². The van der Waals surface area contributed by atoms with Crippen molar-refractivity contribution in [2.45, 2.75) is 25.8 Å². The monoisotopic (exact) mass is 360 g/mol. The van der Waals surface area contributed by atoms with Gasteiger partial charge in [-0.25, -0.2) is 9.67 Å². The summed E-state index contributed by atoms with van der Waals surface area (Å²) in [5.41, 5.74) is 3.27. The highest BCUT2D eigenvalue weighted by Gasteiger charge is 2.23. The lowest BCUT2D eigenvalue weighted by Crippen LogP contribution is -2.38. The van der Waals surface area contributed by atoms with Gasteiger partial charge in [-0.2, -0.15) is 5.10 Å². The number of piperidine rings is 1. The third-order valence-electron chi connectivity index (χ3n) is 5.28. The number of carbonyl (C=O) groups is 1. The summed E-state index contributed by atoms with van der Waals surface area (Å²) in [6, 6.07) is 18.5. The molecule has 1 amide bonds. The fourth-order valence-electron chi connectivity index (χ4n) is 3.72. The zero-order valence-electron chi connectivity index (χ0n) is 15.4. The smallest absolute Gasteiger partial charge is 0.253 e. The van der Waals surface area contributed by atoms with Crippen molar-refractivity contribution in [3.63, 3.8) is 0 Å². The van der Waals surface area contributed by atoms with Crippen molar-refractivity contribution < 1.29 is 4.79 Å². The molecule has 138 valence electrons. The van der Waals surface area contributed by atoms with Gasteiger partial charge in [-0.15, -0.1) is 0 Å². The molecule has 0 aliphatic carbocycles.